The topological polar surface area (TPSA) is 174 Å². The minimum Gasteiger partial charge on any atom is -0.491 e. The Labute approximate surface area is 236 Å². The van der Waals surface area contributed by atoms with Gasteiger partial charge in [-0.3, -0.25) is 9.59 Å². The number of aliphatic hydroxyl groups excluding tert-OH is 4. The molecule has 0 fully saturated rings. The van der Waals surface area contributed by atoms with Crippen molar-refractivity contribution in [3.8, 4) is 11.5 Å². The summed E-state index contributed by atoms with van der Waals surface area (Å²) in [6.07, 6.45) is -0.504. The third kappa shape index (κ3) is 17.4. The number of aliphatic carboxylic acids is 2. The van der Waals surface area contributed by atoms with Crippen molar-refractivity contribution in [2.75, 3.05) is 19.8 Å². The Kier molecular flexibility index (Phi) is 18.2. The minimum absolute atomic E-state index is 0.0628. The van der Waals surface area contributed by atoms with Gasteiger partial charge in [-0.25, -0.2) is 0 Å². The zero-order valence-corrected chi connectivity index (χ0v) is 24.1. The Hall–Kier alpha value is -3.18. The van der Waals surface area contributed by atoms with E-state index in [9.17, 15) is 19.8 Å². The van der Waals surface area contributed by atoms with Crippen molar-refractivity contribution in [1.29, 1.82) is 0 Å². The zero-order chi connectivity index (χ0) is 30.7. The fraction of sp³-hybridized carbons (Fsp3) is 0.533. The second kappa shape index (κ2) is 19.8. The number of carboxylic acid groups (broad SMARTS) is 2. The molecular weight excluding hydrogens is 520 g/mol. The number of hydrogen-bond acceptors (Lipinski definition) is 8. The van der Waals surface area contributed by atoms with Crippen LogP contribution in [0, 0.1) is 0 Å². The predicted octanol–water partition coefficient (Wildman–Crippen LogP) is 3.61. The third-order valence-electron chi connectivity index (χ3n) is 5.43. The summed E-state index contributed by atoms with van der Waals surface area (Å²) in [5.41, 5.74) is 2.19. The molecule has 0 spiro atoms. The van der Waals surface area contributed by atoms with E-state index in [2.05, 4.69) is 38.1 Å². The summed E-state index contributed by atoms with van der Waals surface area (Å²) >= 11 is 0. The van der Waals surface area contributed by atoms with Crippen molar-refractivity contribution in [2.24, 2.45) is 0 Å². The van der Waals surface area contributed by atoms with Gasteiger partial charge in [0.25, 0.3) is 0 Å². The highest BCUT2D eigenvalue weighted by molar-refractivity contribution is 5.67. The molecule has 10 nitrogen and oxygen atoms in total. The van der Waals surface area contributed by atoms with Crippen molar-refractivity contribution in [1.82, 2.24) is 0 Å². The third-order valence-corrected chi connectivity index (χ3v) is 5.43. The molecule has 0 aliphatic rings. The molecule has 3 atom stereocenters. The highest BCUT2D eigenvalue weighted by atomic mass is 16.5. The van der Waals surface area contributed by atoms with Crippen molar-refractivity contribution >= 4 is 11.9 Å². The fourth-order valence-corrected chi connectivity index (χ4v) is 3.09. The van der Waals surface area contributed by atoms with Crippen LogP contribution in [0.15, 0.2) is 48.5 Å². The zero-order valence-electron chi connectivity index (χ0n) is 24.1. The fourth-order valence-electron chi connectivity index (χ4n) is 3.09. The lowest BCUT2D eigenvalue weighted by Crippen LogP contribution is -2.19. The van der Waals surface area contributed by atoms with E-state index in [0.29, 0.717) is 12.8 Å². The average molecular weight is 567 g/mol. The van der Waals surface area contributed by atoms with Crippen LogP contribution in [-0.2, 0) is 15.0 Å². The molecule has 0 aliphatic heterocycles. The van der Waals surface area contributed by atoms with Gasteiger partial charge in [0.1, 0.15) is 24.7 Å². The quantitative estimate of drug-likeness (QED) is 0.185. The Bertz CT molecular complexity index is 878. The van der Waals surface area contributed by atoms with Crippen LogP contribution in [0.2, 0.25) is 0 Å². The van der Waals surface area contributed by atoms with Gasteiger partial charge < -0.3 is 40.1 Å². The molecule has 0 saturated carbocycles. The van der Waals surface area contributed by atoms with Crippen molar-refractivity contribution in [3.63, 3.8) is 0 Å². The monoisotopic (exact) mass is 566 g/mol. The molecule has 3 unspecified atom stereocenters. The Morgan fingerprint density at radius 1 is 0.675 bits per heavy atom. The Balaban J connectivity index is 0.000000838. The number of aliphatic hydroxyl groups is 4. The van der Waals surface area contributed by atoms with Crippen molar-refractivity contribution in [3.05, 3.63) is 59.7 Å². The Morgan fingerprint density at radius 3 is 1.20 bits per heavy atom. The normalized spacial score (nSPS) is 12.9. The largest absolute Gasteiger partial charge is 0.491 e. The lowest BCUT2D eigenvalue weighted by molar-refractivity contribution is -0.139. The van der Waals surface area contributed by atoms with Gasteiger partial charge in [-0.05, 0) is 69.0 Å². The van der Waals surface area contributed by atoms with Gasteiger partial charge in [-0.15, -0.1) is 0 Å². The van der Waals surface area contributed by atoms with Gasteiger partial charge in [0, 0.05) is 18.3 Å². The van der Waals surface area contributed by atoms with E-state index in [0.717, 1.165) is 11.5 Å². The number of ether oxygens (including phenoxy) is 2. The van der Waals surface area contributed by atoms with Crippen LogP contribution in [0.4, 0.5) is 0 Å². The second-order valence-corrected chi connectivity index (χ2v) is 10.0. The molecule has 6 N–H and O–H groups in total. The molecule has 226 valence electrons. The van der Waals surface area contributed by atoms with Gasteiger partial charge >= 0.3 is 11.9 Å². The first-order valence-corrected chi connectivity index (χ1v) is 13.2. The highest BCUT2D eigenvalue weighted by Gasteiger charge is 2.23. The lowest BCUT2D eigenvalue weighted by Gasteiger charge is -2.26. The minimum atomic E-state index is -0.870. The summed E-state index contributed by atoms with van der Waals surface area (Å²) in [6.45, 7) is 9.71. The first-order valence-electron chi connectivity index (χ1n) is 13.2. The summed E-state index contributed by atoms with van der Waals surface area (Å²) in [5.74, 6) is -0.236. The number of rotatable bonds is 14. The molecule has 0 aromatic heterocycles. The summed E-state index contributed by atoms with van der Waals surface area (Å²) in [5, 5.41) is 50.8. The van der Waals surface area contributed by atoms with E-state index in [4.69, 9.17) is 29.9 Å². The molecule has 0 amide bonds. The number of unbranched alkanes of at least 4 members (excludes halogenated alkanes) is 1. The van der Waals surface area contributed by atoms with Crippen molar-refractivity contribution in [2.45, 2.75) is 84.0 Å². The number of benzene rings is 2. The van der Waals surface area contributed by atoms with Crippen LogP contribution >= 0.6 is 0 Å². The number of carboxylic acids is 2. The molecular formula is C30H46O10. The molecule has 0 saturated heterocycles. The SMILES string of the molecule is CC(O)CO.CC(O)COc1ccc(C(C)(C)c2ccc(OCC(C)O)cc2)cc1.O=C(O)CCCCC(=O)O. The van der Waals surface area contributed by atoms with Crippen molar-refractivity contribution < 1.29 is 49.7 Å². The van der Waals surface area contributed by atoms with Gasteiger partial charge in [0.2, 0.25) is 0 Å². The molecule has 0 radical (unpaired) electrons. The van der Waals surface area contributed by atoms with Gasteiger partial charge in [0.15, 0.2) is 0 Å². The van der Waals surface area contributed by atoms with Crippen LogP contribution in [0.5, 0.6) is 11.5 Å². The molecule has 0 heterocycles. The molecule has 10 heteroatoms. The van der Waals surface area contributed by atoms with Crippen LogP contribution in [0.1, 0.15) is 71.4 Å². The highest BCUT2D eigenvalue weighted by Crippen LogP contribution is 2.33. The second-order valence-electron chi connectivity index (χ2n) is 10.0. The van der Waals surface area contributed by atoms with Crippen LogP contribution < -0.4 is 9.47 Å². The van der Waals surface area contributed by atoms with E-state index < -0.39 is 30.3 Å². The van der Waals surface area contributed by atoms with Crippen LogP contribution in [0.25, 0.3) is 0 Å². The lowest BCUT2D eigenvalue weighted by atomic mass is 9.78. The standard InChI is InChI=1S/C21H28O4.C6H10O4.C3H8O2/c1-15(22)13-24-19-9-5-17(6-10-19)21(3,4)18-7-11-20(12-8-18)25-14-16(2)23;7-5(8)3-1-2-4-6(9)10;1-3(5)2-4/h5-12,15-16,22-23H,13-14H2,1-4H3;1-4H2,(H,7,8)(H,9,10);3-5H,2H2,1H3. The summed E-state index contributed by atoms with van der Waals surface area (Å²) in [6, 6.07) is 15.9. The van der Waals surface area contributed by atoms with Gasteiger partial charge in [-0.2, -0.15) is 0 Å². The van der Waals surface area contributed by atoms with Gasteiger partial charge in [0.05, 0.1) is 24.9 Å². The smallest absolute Gasteiger partial charge is 0.303 e. The number of carbonyl (C=O) groups is 2. The van der Waals surface area contributed by atoms with Crippen LogP contribution in [0.3, 0.4) is 0 Å². The summed E-state index contributed by atoms with van der Waals surface area (Å²) in [7, 11) is 0. The molecule has 0 bridgehead atoms. The first kappa shape index (κ1) is 36.8. The van der Waals surface area contributed by atoms with E-state index in [1.54, 1.807) is 13.8 Å². The van der Waals surface area contributed by atoms with E-state index in [1.807, 2.05) is 24.3 Å². The molecule has 2 aromatic rings. The molecule has 0 aliphatic carbocycles. The molecule has 2 rings (SSSR count). The maximum Gasteiger partial charge on any atom is 0.303 e. The Morgan fingerprint density at radius 2 is 0.975 bits per heavy atom. The average Bonchev–Trinajstić information content (AvgIpc) is 2.89. The molecule has 40 heavy (non-hydrogen) atoms. The predicted molar refractivity (Wildman–Crippen MR) is 152 cm³/mol. The van der Waals surface area contributed by atoms with E-state index >= 15 is 0 Å². The molecule has 2 aromatic carbocycles. The van der Waals surface area contributed by atoms with Crippen LogP contribution in [-0.4, -0.2) is 80.7 Å². The maximum atomic E-state index is 9.90. The van der Waals surface area contributed by atoms with E-state index in [1.165, 1.54) is 18.1 Å². The van der Waals surface area contributed by atoms with E-state index in [-0.39, 0.29) is 38.1 Å². The summed E-state index contributed by atoms with van der Waals surface area (Å²) in [4.78, 5) is 19.8. The first-order chi connectivity index (χ1) is 18.7. The van der Waals surface area contributed by atoms with Gasteiger partial charge in [-0.1, -0.05) is 38.1 Å². The maximum absolute atomic E-state index is 9.90. The number of hydrogen-bond donors (Lipinski definition) is 6. The summed E-state index contributed by atoms with van der Waals surface area (Å²) < 4.78 is 11.0.